The van der Waals surface area contributed by atoms with Crippen molar-refractivity contribution in [1.29, 1.82) is 0 Å². The van der Waals surface area contributed by atoms with Gasteiger partial charge in [-0.05, 0) is 44.0 Å². The lowest BCUT2D eigenvalue weighted by Gasteiger charge is -2.19. The second kappa shape index (κ2) is 21.7. The summed E-state index contributed by atoms with van der Waals surface area (Å²) in [6.07, 6.45) is 20.7. The number of aryl methyl sites for hydroxylation is 2. The molecule has 0 unspecified atom stereocenters. The molecule has 2 aromatic rings. The second-order valence-corrected chi connectivity index (χ2v) is 10.8. The van der Waals surface area contributed by atoms with Gasteiger partial charge < -0.3 is 28.7 Å². The summed E-state index contributed by atoms with van der Waals surface area (Å²) in [4.78, 5) is 27.0. The molecule has 40 heavy (non-hydrogen) atoms. The summed E-state index contributed by atoms with van der Waals surface area (Å²) in [6, 6.07) is 11.4. The fraction of sp³-hybridized carbons (Fsp3) is 0.618. The SMILES string of the molecule is CCCCCCCCCCCCCCCCOc1ccc(C(=O)N(Cc2cccc[n+]2CC)C(C)=O)c(C)c1.[I-]. The maximum absolute atomic E-state index is 13.3. The number of hydrogen-bond donors (Lipinski definition) is 0. The molecular weight excluding hydrogens is 611 g/mol. The lowest BCUT2D eigenvalue weighted by Crippen LogP contribution is -3.00. The number of rotatable bonds is 20. The standard InChI is InChI=1S/C34H53N2O3.HI/c1-5-7-8-9-10-11-12-13-14-15-16-17-18-21-26-39-32-23-24-33(29(3)27-32)34(38)36(30(4)37)28-31-22-19-20-25-35(31)6-2;/h19-20,22-25,27H,5-18,21,26,28H2,1-4H3;1H/q+1;/p-1. The van der Waals surface area contributed by atoms with Gasteiger partial charge in [0.25, 0.3) is 5.91 Å². The molecule has 0 fully saturated rings. The van der Waals surface area contributed by atoms with Crippen molar-refractivity contribution in [2.75, 3.05) is 6.61 Å². The molecule has 0 bridgehead atoms. The Kier molecular flexibility index (Phi) is 19.6. The third kappa shape index (κ3) is 13.6. The van der Waals surface area contributed by atoms with Crippen LogP contribution in [0.1, 0.15) is 132 Å². The molecule has 1 heterocycles. The fourth-order valence-electron chi connectivity index (χ4n) is 5.05. The number of hydrogen-bond acceptors (Lipinski definition) is 3. The Balaban J connectivity index is 0.00000800. The first-order chi connectivity index (χ1) is 19.0. The quantitative estimate of drug-likeness (QED) is 0.109. The first kappa shape index (κ1) is 36.1. The highest BCUT2D eigenvalue weighted by Crippen LogP contribution is 2.20. The number of unbranched alkanes of at least 4 members (excludes halogenated alkanes) is 13. The molecule has 1 aromatic carbocycles. The van der Waals surface area contributed by atoms with E-state index >= 15 is 0 Å². The molecule has 0 aliphatic carbocycles. The van der Waals surface area contributed by atoms with Gasteiger partial charge >= 0.3 is 0 Å². The molecule has 5 nitrogen and oxygen atoms in total. The van der Waals surface area contributed by atoms with Crippen LogP contribution in [0, 0.1) is 6.92 Å². The predicted molar refractivity (Wildman–Crippen MR) is 160 cm³/mol. The zero-order valence-electron chi connectivity index (χ0n) is 25.6. The van der Waals surface area contributed by atoms with Gasteiger partial charge in [-0.15, -0.1) is 0 Å². The van der Waals surface area contributed by atoms with Gasteiger partial charge in [0.15, 0.2) is 6.20 Å². The molecule has 0 spiro atoms. The van der Waals surface area contributed by atoms with Crippen molar-refractivity contribution in [3.63, 3.8) is 0 Å². The van der Waals surface area contributed by atoms with Crippen LogP contribution in [-0.2, 0) is 17.9 Å². The molecule has 0 aliphatic rings. The zero-order valence-corrected chi connectivity index (χ0v) is 27.7. The van der Waals surface area contributed by atoms with Crippen LogP contribution >= 0.6 is 0 Å². The van der Waals surface area contributed by atoms with Gasteiger partial charge in [0, 0.05) is 24.6 Å². The summed E-state index contributed by atoms with van der Waals surface area (Å²) in [5, 5.41) is 0. The van der Waals surface area contributed by atoms with Gasteiger partial charge in [0.05, 0.1) is 6.61 Å². The maximum Gasteiger partial charge on any atom is 0.261 e. The number of halogens is 1. The van der Waals surface area contributed by atoms with Crippen LogP contribution in [0.5, 0.6) is 5.75 Å². The molecule has 0 aliphatic heterocycles. The number of amides is 2. The lowest BCUT2D eigenvalue weighted by atomic mass is 10.0. The van der Waals surface area contributed by atoms with E-state index < -0.39 is 0 Å². The van der Waals surface area contributed by atoms with Gasteiger partial charge in [-0.25, -0.2) is 4.57 Å². The monoisotopic (exact) mass is 664 g/mol. The summed E-state index contributed by atoms with van der Waals surface area (Å²) in [5.41, 5.74) is 2.28. The van der Waals surface area contributed by atoms with E-state index in [1.807, 2.05) is 54.9 Å². The summed E-state index contributed by atoms with van der Waals surface area (Å²) in [7, 11) is 0. The average Bonchev–Trinajstić information content (AvgIpc) is 2.93. The summed E-state index contributed by atoms with van der Waals surface area (Å²) < 4.78 is 8.01. The van der Waals surface area contributed by atoms with E-state index in [4.69, 9.17) is 4.74 Å². The number of carbonyl (C=O) groups is 2. The van der Waals surface area contributed by atoms with Crippen molar-refractivity contribution in [3.8, 4) is 5.75 Å². The molecule has 0 atom stereocenters. The Morgan fingerprint density at radius 3 is 1.90 bits per heavy atom. The van der Waals surface area contributed by atoms with Crippen molar-refractivity contribution >= 4 is 11.8 Å². The number of nitrogens with zero attached hydrogens (tertiary/aromatic N) is 2. The predicted octanol–water partition coefficient (Wildman–Crippen LogP) is 5.36. The van der Waals surface area contributed by atoms with E-state index in [-0.39, 0.29) is 42.3 Å². The molecule has 224 valence electrons. The smallest absolute Gasteiger partial charge is 0.261 e. The first-order valence-electron chi connectivity index (χ1n) is 15.5. The molecule has 2 amide bonds. The van der Waals surface area contributed by atoms with Gasteiger partial charge in [-0.2, -0.15) is 0 Å². The van der Waals surface area contributed by atoms with Gasteiger partial charge in [0.2, 0.25) is 11.6 Å². The molecular formula is C34H53IN2O3. The van der Waals surface area contributed by atoms with Crippen molar-refractivity contribution in [3.05, 3.63) is 59.4 Å². The zero-order chi connectivity index (χ0) is 28.3. The molecule has 2 rings (SSSR count). The fourth-order valence-corrected chi connectivity index (χ4v) is 5.05. The highest BCUT2D eigenvalue weighted by molar-refractivity contribution is 6.04. The van der Waals surface area contributed by atoms with Crippen LogP contribution in [0.4, 0.5) is 0 Å². The number of ether oxygens (including phenoxy) is 1. The molecule has 0 N–H and O–H groups in total. The lowest BCUT2D eigenvalue weighted by molar-refractivity contribution is -0.701. The normalized spacial score (nSPS) is 10.7. The van der Waals surface area contributed by atoms with Crippen LogP contribution in [-0.4, -0.2) is 23.3 Å². The van der Waals surface area contributed by atoms with Gasteiger partial charge in [-0.3, -0.25) is 14.5 Å². The average molecular weight is 665 g/mol. The van der Waals surface area contributed by atoms with Gasteiger partial charge in [0.1, 0.15) is 18.8 Å². The van der Waals surface area contributed by atoms with Crippen LogP contribution < -0.4 is 33.3 Å². The summed E-state index contributed by atoms with van der Waals surface area (Å²) in [5.74, 6) is 0.245. The minimum Gasteiger partial charge on any atom is -1.00 e. The maximum atomic E-state index is 13.3. The third-order valence-corrected chi connectivity index (χ3v) is 7.52. The third-order valence-electron chi connectivity index (χ3n) is 7.52. The van der Waals surface area contributed by atoms with E-state index in [1.165, 1.54) is 95.3 Å². The largest absolute Gasteiger partial charge is 1.00 e. The minimum absolute atomic E-state index is 0. The van der Waals surface area contributed by atoms with Crippen molar-refractivity contribution < 1.29 is 42.9 Å². The van der Waals surface area contributed by atoms with Crippen molar-refractivity contribution in [2.45, 2.75) is 131 Å². The number of aromatic nitrogens is 1. The highest BCUT2D eigenvalue weighted by atomic mass is 127. The molecule has 0 saturated carbocycles. The molecule has 0 radical (unpaired) electrons. The number of benzene rings is 1. The van der Waals surface area contributed by atoms with Crippen LogP contribution in [0.25, 0.3) is 0 Å². The van der Waals surface area contributed by atoms with E-state index in [0.29, 0.717) is 12.2 Å². The van der Waals surface area contributed by atoms with Crippen molar-refractivity contribution in [1.82, 2.24) is 4.90 Å². The number of pyridine rings is 1. The Hall–Kier alpha value is -1.96. The summed E-state index contributed by atoms with van der Waals surface area (Å²) in [6.45, 7) is 9.39. The number of imide groups is 1. The van der Waals surface area contributed by atoms with Crippen LogP contribution in [0.3, 0.4) is 0 Å². The molecule has 0 saturated heterocycles. The van der Waals surface area contributed by atoms with Crippen LogP contribution in [0.15, 0.2) is 42.6 Å². The van der Waals surface area contributed by atoms with Crippen LogP contribution in [0.2, 0.25) is 0 Å². The summed E-state index contributed by atoms with van der Waals surface area (Å²) >= 11 is 0. The topological polar surface area (TPSA) is 50.5 Å². The second-order valence-electron chi connectivity index (χ2n) is 10.8. The Morgan fingerprint density at radius 2 is 1.38 bits per heavy atom. The number of carbonyl (C=O) groups excluding carboxylic acids is 2. The minimum atomic E-state index is -0.273. The highest BCUT2D eigenvalue weighted by Gasteiger charge is 2.25. The Bertz CT molecular complexity index is 995. The molecule has 1 aromatic heterocycles. The Labute approximate surface area is 261 Å². The first-order valence-corrected chi connectivity index (χ1v) is 15.5. The van der Waals surface area contributed by atoms with E-state index in [9.17, 15) is 9.59 Å². The van der Waals surface area contributed by atoms with E-state index in [2.05, 4.69) is 6.92 Å². The van der Waals surface area contributed by atoms with E-state index in [0.717, 1.165) is 30.0 Å². The molecule has 6 heteroatoms. The Morgan fingerprint density at radius 1 is 0.800 bits per heavy atom. The van der Waals surface area contributed by atoms with Gasteiger partial charge in [-0.1, -0.05) is 96.5 Å². The van der Waals surface area contributed by atoms with E-state index in [1.54, 1.807) is 6.07 Å². The van der Waals surface area contributed by atoms with Crippen molar-refractivity contribution in [2.24, 2.45) is 0 Å².